The standard InChI is InChI=1S/C20H18F2N4O4/c1-13-11-23-25(12-14-10-15(21)2-7-18(14)22)20(13)24-19(27)8-9-30-17-5-3-16(4-6-17)26(28)29/h2-7,10-11H,8-9,12H2,1H3,(H,24,27). The molecule has 2 aromatic carbocycles. The van der Waals surface area contributed by atoms with Crippen molar-refractivity contribution in [3.63, 3.8) is 0 Å². The van der Waals surface area contributed by atoms with Crippen LogP contribution in [0.4, 0.5) is 20.3 Å². The van der Waals surface area contributed by atoms with Gasteiger partial charge in [0, 0.05) is 23.3 Å². The van der Waals surface area contributed by atoms with Gasteiger partial charge in [-0.2, -0.15) is 5.10 Å². The first-order valence-corrected chi connectivity index (χ1v) is 8.97. The summed E-state index contributed by atoms with van der Waals surface area (Å²) in [6.45, 7) is 1.73. The minimum atomic E-state index is -0.571. The zero-order chi connectivity index (χ0) is 21.7. The highest BCUT2D eigenvalue weighted by molar-refractivity contribution is 5.90. The summed E-state index contributed by atoms with van der Waals surface area (Å²) in [5, 5.41) is 17.4. The topological polar surface area (TPSA) is 99.3 Å². The highest BCUT2D eigenvalue weighted by atomic mass is 19.1. The summed E-state index contributed by atoms with van der Waals surface area (Å²) in [6.07, 6.45) is 1.52. The number of carbonyl (C=O) groups is 1. The van der Waals surface area contributed by atoms with E-state index in [1.165, 1.54) is 35.1 Å². The Balaban J connectivity index is 1.58. The molecule has 0 aliphatic heterocycles. The van der Waals surface area contributed by atoms with Gasteiger partial charge in [0.25, 0.3) is 5.69 Å². The highest BCUT2D eigenvalue weighted by Crippen LogP contribution is 2.19. The normalized spacial score (nSPS) is 10.6. The molecule has 0 atom stereocenters. The van der Waals surface area contributed by atoms with Crippen LogP contribution in [-0.2, 0) is 11.3 Å². The van der Waals surface area contributed by atoms with E-state index >= 15 is 0 Å². The number of carbonyl (C=O) groups excluding carboxylic acids is 1. The Labute approximate surface area is 170 Å². The SMILES string of the molecule is Cc1cnn(Cc2cc(F)ccc2F)c1NC(=O)CCOc1ccc([N+](=O)[O-])cc1. The first-order chi connectivity index (χ1) is 14.3. The lowest BCUT2D eigenvalue weighted by Gasteiger charge is -2.11. The Morgan fingerprint density at radius 3 is 2.67 bits per heavy atom. The van der Waals surface area contributed by atoms with Crippen molar-refractivity contribution in [1.82, 2.24) is 9.78 Å². The lowest BCUT2D eigenvalue weighted by Crippen LogP contribution is -2.19. The summed E-state index contributed by atoms with van der Waals surface area (Å²) < 4.78 is 34.1. The van der Waals surface area contributed by atoms with Gasteiger partial charge in [0.2, 0.25) is 5.91 Å². The lowest BCUT2D eigenvalue weighted by atomic mass is 10.2. The third-order valence-electron chi connectivity index (χ3n) is 4.25. The van der Waals surface area contributed by atoms with E-state index in [0.29, 0.717) is 17.1 Å². The molecule has 0 aliphatic carbocycles. The van der Waals surface area contributed by atoms with Crippen molar-refractivity contribution >= 4 is 17.4 Å². The molecule has 0 radical (unpaired) electrons. The second-order valence-corrected chi connectivity index (χ2v) is 6.47. The van der Waals surface area contributed by atoms with Crippen LogP contribution >= 0.6 is 0 Å². The number of nitro benzene ring substituents is 1. The molecule has 0 aliphatic rings. The summed E-state index contributed by atoms with van der Waals surface area (Å²) >= 11 is 0. The molecule has 1 heterocycles. The molecule has 0 unspecified atom stereocenters. The number of rotatable bonds is 8. The first kappa shape index (κ1) is 20.9. The molecule has 30 heavy (non-hydrogen) atoms. The fraction of sp³-hybridized carbons (Fsp3) is 0.200. The van der Waals surface area contributed by atoms with Crippen molar-refractivity contribution < 1.29 is 23.2 Å². The fourth-order valence-electron chi connectivity index (χ4n) is 2.71. The lowest BCUT2D eigenvalue weighted by molar-refractivity contribution is -0.384. The third-order valence-corrected chi connectivity index (χ3v) is 4.25. The molecule has 0 saturated carbocycles. The van der Waals surface area contributed by atoms with E-state index in [-0.39, 0.29) is 36.7 Å². The van der Waals surface area contributed by atoms with Crippen LogP contribution in [0.15, 0.2) is 48.7 Å². The van der Waals surface area contributed by atoms with E-state index in [0.717, 1.165) is 18.2 Å². The molecule has 0 spiro atoms. The van der Waals surface area contributed by atoms with E-state index in [4.69, 9.17) is 4.74 Å². The van der Waals surface area contributed by atoms with Gasteiger partial charge in [-0.3, -0.25) is 14.9 Å². The van der Waals surface area contributed by atoms with Gasteiger partial charge in [-0.1, -0.05) is 0 Å². The van der Waals surface area contributed by atoms with Crippen LogP contribution in [0, 0.1) is 28.7 Å². The molecular formula is C20H18F2N4O4. The number of benzene rings is 2. The Bertz CT molecular complexity index is 1070. The van der Waals surface area contributed by atoms with Gasteiger partial charge in [-0.15, -0.1) is 0 Å². The molecule has 8 nitrogen and oxygen atoms in total. The van der Waals surface area contributed by atoms with Crippen LogP contribution in [0.5, 0.6) is 5.75 Å². The van der Waals surface area contributed by atoms with Crippen LogP contribution in [0.25, 0.3) is 0 Å². The number of nitro groups is 1. The molecule has 156 valence electrons. The van der Waals surface area contributed by atoms with E-state index in [1.54, 1.807) is 6.92 Å². The Hall–Kier alpha value is -3.82. The number of nitrogens with zero attached hydrogens (tertiary/aromatic N) is 3. The predicted molar refractivity (Wildman–Crippen MR) is 104 cm³/mol. The first-order valence-electron chi connectivity index (χ1n) is 8.97. The van der Waals surface area contributed by atoms with Crippen LogP contribution < -0.4 is 10.1 Å². The Kier molecular flexibility index (Phi) is 6.35. The zero-order valence-electron chi connectivity index (χ0n) is 16.0. The number of hydrogen-bond donors (Lipinski definition) is 1. The van der Waals surface area contributed by atoms with E-state index in [2.05, 4.69) is 10.4 Å². The van der Waals surface area contributed by atoms with Gasteiger partial charge in [0.1, 0.15) is 23.2 Å². The Morgan fingerprint density at radius 1 is 1.23 bits per heavy atom. The quantitative estimate of drug-likeness (QED) is 0.444. The molecule has 3 aromatic rings. The second kappa shape index (κ2) is 9.12. The van der Waals surface area contributed by atoms with Gasteiger partial charge in [-0.25, -0.2) is 13.5 Å². The number of aromatic nitrogens is 2. The van der Waals surface area contributed by atoms with Crippen molar-refractivity contribution in [3.05, 3.63) is 81.5 Å². The number of nitrogens with one attached hydrogen (secondary N) is 1. The smallest absolute Gasteiger partial charge is 0.269 e. The van der Waals surface area contributed by atoms with E-state index in [1.807, 2.05) is 0 Å². The number of aryl methyl sites for hydroxylation is 1. The number of hydrogen-bond acceptors (Lipinski definition) is 5. The minimum Gasteiger partial charge on any atom is -0.493 e. The Morgan fingerprint density at radius 2 is 1.97 bits per heavy atom. The van der Waals surface area contributed by atoms with Crippen molar-refractivity contribution in [3.8, 4) is 5.75 Å². The van der Waals surface area contributed by atoms with Gasteiger partial charge in [0.15, 0.2) is 0 Å². The predicted octanol–water partition coefficient (Wildman–Crippen LogP) is 3.83. The van der Waals surface area contributed by atoms with Gasteiger partial charge in [-0.05, 0) is 37.3 Å². The van der Waals surface area contributed by atoms with Crippen molar-refractivity contribution in [1.29, 1.82) is 0 Å². The number of anilines is 1. The maximum absolute atomic E-state index is 13.9. The van der Waals surface area contributed by atoms with Crippen LogP contribution in [-0.4, -0.2) is 27.2 Å². The van der Waals surface area contributed by atoms with Crippen molar-refractivity contribution in [2.75, 3.05) is 11.9 Å². The molecule has 1 aromatic heterocycles. The molecular weight excluding hydrogens is 398 g/mol. The van der Waals surface area contributed by atoms with Crippen LogP contribution in [0.3, 0.4) is 0 Å². The summed E-state index contributed by atoms with van der Waals surface area (Å²) in [5.41, 5.74) is 0.713. The number of ether oxygens (including phenoxy) is 1. The molecule has 0 bridgehead atoms. The minimum absolute atomic E-state index is 0.00985. The summed E-state index contributed by atoms with van der Waals surface area (Å²) in [4.78, 5) is 22.4. The van der Waals surface area contributed by atoms with Crippen molar-refractivity contribution in [2.24, 2.45) is 0 Å². The number of amides is 1. The number of non-ortho nitro benzene ring substituents is 1. The van der Waals surface area contributed by atoms with E-state index < -0.39 is 16.6 Å². The van der Waals surface area contributed by atoms with Crippen LogP contribution in [0.2, 0.25) is 0 Å². The summed E-state index contributed by atoms with van der Waals surface area (Å²) in [6, 6.07) is 8.66. The van der Waals surface area contributed by atoms with Crippen LogP contribution in [0.1, 0.15) is 17.5 Å². The van der Waals surface area contributed by atoms with Gasteiger partial charge in [0.05, 0.1) is 30.7 Å². The molecule has 0 saturated heterocycles. The molecule has 1 amide bonds. The number of halogens is 2. The maximum atomic E-state index is 13.9. The van der Waals surface area contributed by atoms with Gasteiger partial charge < -0.3 is 10.1 Å². The molecule has 10 heteroatoms. The average Bonchev–Trinajstić information content (AvgIpc) is 3.04. The van der Waals surface area contributed by atoms with E-state index in [9.17, 15) is 23.7 Å². The molecule has 0 fully saturated rings. The monoisotopic (exact) mass is 416 g/mol. The highest BCUT2D eigenvalue weighted by Gasteiger charge is 2.14. The summed E-state index contributed by atoms with van der Waals surface area (Å²) in [7, 11) is 0. The molecule has 3 rings (SSSR count). The largest absolute Gasteiger partial charge is 0.493 e. The molecule has 1 N–H and O–H groups in total. The average molecular weight is 416 g/mol. The third kappa shape index (κ3) is 5.16. The maximum Gasteiger partial charge on any atom is 0.269 e. The zero-order valence-corrected chi connectivity index (χ0v) is 16.0. The fourth-order valence-corrected chi connectivity index (χ4v) is 2.71. The van der Waals surface area contributed by atoms with Crippen molar-refractivity contribution in [2.45, 2.75) is 19.9 Å². The van der Waals surface area contributed by atoms with Gasteiger partial charge >= 0.3 is 0 Å². The summed E-state index contributed by atoms with van der Waals surface area (Å²) in [5.74, 6) is -0.723. The second-order valence-electron chi connectivity index (χ2n) is 6.47.